The van der Waals surface area contributed by atoms with Crippen LogP contribution in [-0.2, 0) is 4.79 Å². The summed E-state index contributed by atoms with van der Waals surface area (Å²) >= 11 is 12.0. The molecule has 3 rings (SSSR count). The highest BCUT2D eigenvalue weighted by atomic mass is 35.5. The van der Waals surface area contributed by atoms with Gasteiger partial charge in [0.2, 0.25) is 5.91 Å². The molecule has 0 radical (unpaired) electrons. The SMILES string of the molecule is CC(C)NC(=O)[C@H](C1CCCC1)N1CCN(C(=O)c2ccc(Cl)c(Cl)c2)CC1. The molecule has 0 unspecified atom stereocenters. The van der Waals surface area contributed by atoms with E-state index in [1.807, 2.05) is 18.7 Å². The molecule has 1 aliphatic heterocycles. The van der Waals surface area contributed by atoms with Gasteiger partial charge in [-0.25, -0.2) is 0 Å². The summed E-state index contributed by atoms with van der Waals surface area (Å²) in [7, 11) is 0. The van der Waals surface area contributed by atoms with Gasteiger partial charge in [0.05, 0.1) is 16.1 Å². The summed E-state index contributed by atoms with van der Waals surface area (Å²) in [6, 6.07) is 5.02. The summed E-state index contributed by atoms with van der Waals surface area (Å²) in [4.78, 5) is 29.8. The van der Waals surface area contributed by atoms with Crippen LogP contribution in [0.4, 0.5) is 0 Å². The zero-order chi connectivity index (χ0) is 20.3. The van der Waals surface area contributed by atoms with E-state index in [0.717, 1.165) is 12.8 Å². The van der Waals surface area contributed by atoms with Crippen LogP contribution in [0.15, 0.2) is 18.2 Å². The van der Waals surface area contributed by atoms with Crippen molar-refractivity contribution < 1.29 is 9.59 Å². The first kappa shape index (κ1) is 21.4. The van der Waals surface area contributed by atoms with Crippen molar-refractivity contribution in [3.63, 3.8) is 0 Å². The fraction of sp³-hybridized carbons (Fsp3) is 0.619. The normalized spacial score (nSPS) is 19.8. The second-order valence-electron chi connectivity index (χ2n) is 8.11. The highest BCUT2D eigenvalue weighted by molar-refractivity contribution is 6.42. The first-order chi connectivity index (χ1) is 13.4. The molecule has 1 aromatic carbocycles. The third-order valence-electron chi connectivity index (χ3n) is 5.71. The van der Waals surface area contributed by atoms with Crippen molar-refractivity contribution in [1.82, 2.24) is 15.1 Å². The van der Waals surface area contributed by atoms with Crippen LogP contribution >= 0.6 is 23.2 Å². The van der Waals surface area contributed by atoms with E-state index in [1.54, 1.807) is 18.2 Å². The summed E-state index contributed by atoms with van der Waals surface area (Å²) in [6.45, 7) is 6.63. The molecule has 1 saturated carbocycles. The van der Waals surface area contributed by atoms with Gasteiger partial charge in [-0.05, 0) is 50.8 Å². The number of amides is 2. The molecule has 0 spiro atoms. The number of piperazine rings is 1. The number of rotatable bonds is 5. The number of hydrogen-bond donors (Lipinski definition) is 1. The predicted octanol–water partition coefficient (Wildman–Crippen LogP) is 3.83. The second-order valence-corrected chi connectivity index (χ2v) is 8.92. The molecule has 1 aliphatic carbocycles. The first-order valence-corrected chi connectivity index (χ1v) is 10.9. The Kier molecular flexibility index (Phi) is 7.24. The van der Waals surface area contributed by atoms with Gasteiger partial charge in [-0.1, -0.05) is 36.0 Å². The van der Waals surface area contributed by atoms with Gasteiger partial charge in [0.25, 0.3) is 5.91 Å². The molecule has 2 amide bonds. The van der Waals surface area contributed by atoms with Crippen LogP contribution in [0.1, 0.15) is 49.9 Å². The molecule has 2 fully saturated rings. The van der Waals surface area contributed by atoms with E-state index in [2.05, 4.69) is 10.2 Å². The topological polar surface area (TPSA) is 52.7 Å². The maximum Gasteiger partial charge on any atom is 0.253 e. The van der Waals surface area contributed by atoms with Crippen molar-refractivity contribution >= 4 is 35.0 Å². The van der Waals surface area contributed by atoms with Gasteiger partial charge in [-0.3, -0.25) is 14.5 Å². The fourth-order valence-electron chi connectivity index (χ4n) is 4.34. The highest BCUT2D eigenvalue weighted by Gasteiger charge is 2.37. The highest BCUT2D eigenvalue weighted by Crippen LogP contribution is 2.31. The summed E-state index contributed by atoms with van der Waals surface area (Å²) in [5.74, 6) is 0.504. The standard InChI is InChI=1S/C21H29Cl2N3O2/c1-14(2)24-20(27)19(15-5-3-4-6-15)25-9-11-26(12-10-25)21(28)16-7-8-17(22)18(23)13-16/h7-8,13-15,19H,3-6,9-12H2,1-2H3,(H,24,27)/t19-/m0/s1. The van der Waals surface area contributed by atoms with Crippen LogP contribution in [0.2, 0.25) is 10.0 Å². The molecular formula is C21H29Cl2N3O2. The summed E-state index contributed by atoms with van der Waals surface area (Å²) in [6.07, 6.45) is 4.62. The summed E-state index contributed by atoms with van der Waals surface area (Å²) in [5, 5.41) is 3.93. The molecule has 1 N–H and O–H groups in total. The minimum Gasteiger partial charge on any atom is -0.353 e. The molecule has 1 heterocycles. The Morgan fingerprint density at radius 2 is 1.68 bits per heavy atom. The van der Waals surface area contributed by atoms with Crippen LogP contribution < -0.4 is 5.32 Å². The fourth-order valence-corrected chi connectivity index (χ4v) is 4.63. The lowest BCUT2D eigenvalue weighted by atomic mass is 9.94. The molecule has 0 aromatic heterocycles. The van der Waals surface area contributed by atoms with Gasteiger partial charge in [-0.15, -0.1) is 0 Å². The van der Waals surface area contributed by atoms with Crippen molar-refractivity contribution in [3.05, 3.63) is 33.8 Å². The Bertz CT molecular complexity index is 712. The average Bonchev–Trinajstić information content (AvgIpc) is 3.18. The van der Waals surface area contributed by atoms with Crippen molar-refractivity contribution in [1.29, 1.82) is 0 Å². The third-order valence-corrected chi connectivity index (χ3v) is 6.45. The van der Waals surface area contributed by atoms with Gasteiger partial charge in [-0.2, -0.15) is 0 Å². The lowest BCUT2D eigenvalue weighted by Gasteiger charge is -2.41. The molecule has 0 bridgehead atoms. The van der Waals surface area contributed by atoms with E-state index in [0.29, 0.717) is 47.7 Å². The van der Waals surface area contributed by atoms with Crippen LogP contribution in [0, 0.1) is 5.92 Å². The quantitative estimate of drug-likeness (QED) is 0.779. The first-order valence-electron chi connectivity index (χ1n) is 10.2. The van der Waals surface area contributed by atoms with Gasteiger partial charge in [0.1, 0.15) is 0 Å². The Morgan fingerprint density at radius 3 is 2.25 bits per heavy atom. The lowest BCUT2D eigenvalue weighted by Crippen LogP contribution is -2.58. The Hall–Kier alpha value is -1.30. The maximum atomic E-state index is 12.9. The van der Waals surface area contributed by atoms with E-state index in [-0.39, 0.29) is 23.9 Å². The minimum atomic E-state index is -0.0906. The smallest absolute Gasteiger partial charge is 0.253 e. The molecule has 1 atom stereocenters. The van der Waals surface area contributed by atoms with Crippen LogP contribution in [0.25, 0.3) is 0 Å². The number of benzene rings is 1. The maximum absolute atomic E-state index is 12.9. The third kappa shape index (κ3) is 5.00. The van der Waals surface area contributed by atoms with Gasteiger partial charge in [0.15, 0.2) is 0 Å². The van der Waals surface area contributed by atoms with Crippen molar-refractivity contribution in [2.45, 2.75) is 51.6 Å². The number of nitrogens with zero attached hydrogens (tertiary/aromatic N) is 2. The van der Waals surface area contributed by atoms with Gasteiger partial charge in [0, 0.05) is 37.8 Å². The molecule has 154 valence electrons. The van der Waals surface area contributed by atoms with E-state index >= 15 is 0 Å². The van der Waals surface area contributed by atoms with Crippen LogP contribution in [0.3, 0.4) is 0 Å². The molecular weight excluding hydrogens is 397 g/mol. The zero-order valence-corrected chi connectivity index (χ0v) is 18.1. The predicted molar refractivity (Wildman–Crippen MR) is 113 cm³/mol. The monoisotopic (exact) mass is 425 g/mol. The molecule has 5 nitrogen and oxygen atoms in total. The van der Waals surface area contributed by atoms with E-state index in [4.69, 9.17) is 23.2 Å². The second kappa shape index (κ2) is 9.47. The van der Waals surface area contributed by atoms with Crippen molar-refractivity contribution in [2.75, 3.05) is 26.2 Å². The Morgan fingerprint density at radius 1 is 1.04 bits per heavy atom. The number of carbonyl (C=O) groups excluding carboxylic acids is 2. The average molecular weight is 426 g/mol. The molecule has 1 aromatic rings. The summed E-state index contributed by atoms with van der Waals surface area (Å²) < 4.78 is 0. The van der Waals surface area contributed by atoms with Crippen molar-refractivity contribution in [2.24, 2.45) is 5.92 Å². The van der Waals surface area contributed by atoms with Crippen molar-refractivity contribution in [3.8, 4) is 0 Å². The number of hydrogen-bond acceptors (Lipinski definition) is 3. The molecule has 28 heavy (non-hydrogen) atoms. The number of carbonyl (C=O) groups is 2. The number of halogens is 2. The van der Waals surface area contributed by atoms with Crippen LogP contribution in [-0.4, -0.2) is 59.9 Å². The molecule has 2 aliphatic rings. The Labute approximate surface area is 177 Å². The van der Waals surface area contributed by atoms with E-state index in [1.165, 1.54) is 12.8 Å². The van der Waals surface area contributed by atoms with Gasteiger partial charge >= 0.3 is 0 Å². The minimum absolute atomic E-state index is 0.0396. The zero-order valence-electron chi connectivity index (χ0n) is 16.6. The lowest BCUT2D eigenvalue weighted by molar-refractivity contribution is -0.129. The summed E-state index contributed by atoms with van der Waals surface area (Å²) in [5.41, 5.74) is 0.549. The molecule has 1 saturated heterocycles. The van der Waals surface area contributed by atoms with Gasteiger partial charge < -0.3 is 10.2 Å². The Balaban J connectivity index is 1.65. The number of nitrogens with one attached hydrogen (secondary N) is 1. The van der Waals surface area contributed by atoms with E-state index in [9.17, 15) is 9.59 Å². The molecule has 7 heteroatoms. The van der Waals surface area contributed by atoms with E-state index < -0.39 is 0 Å². The van der Waals surface area contributed by atoms with Crippen LogP contribution in [0.5, 0.6) is 0 Å². The largest absolute Gasteiger partial charge is 0.353 e.